The molecule has 2 rings (SSSR count). The van der Waals surface area contributed by atoms with Crippen molar-refractivity contribution in [3.05, 3.63) is 58.6 Å². The molecule has 0 aliphatic rings. The van der Waals surface area contributed by atoms with Gasteiger partial charge in [0.1, 0.15) is 5.75 Å². The molecule has 0 radical (unpaired) electrons. The average Bonchev–Trinajstić information content (AvgIpc) is 2.59. The summed E-state index contributed by atoms with van der Waals surface area (Å²) in [4.78, 5) is 12.8. The number of rotatable bonds is 8. The zero-order valence-electron chi connectivity index (χ0n) is 16.3. The molecule has 2 N–H and O–H groups in total. The van der Waals surface area contributed by atoms with E-state index in [1.165, 1.54) is 18.2 Å². The number of anilines is 1. The lowest BCUT2D eigenvalue weighted by Crippen LogP contribution is -2.29. The van der Waals surface area contributed by atoms with E-state index in [4.69, 9.17) is 16.3 Å². The summed E-state index contributed by atoms with van der Waals surface area (Å²) in [5, 5.41) is 3.19. The molecule has 1 amide bonds. The zero-order valence-corrected chi connectivity index (χ0v) is 17.9. The van der Waals surface area contributed by atoms with Crippen molar-refractivity contribution in [1.29, 1.82) is 0 Å². The number of benzene rings is 2. The average molecular weight is 425 g/mol. The van der Waals surface area contributed by atoms with Crippen LogP contribution >= 0.6 is 11.6 Å². The fourth-order valence-corrected chi connectivity index (χ4v) is 3.62. The van der Waals surface area contributed by atoms with Gasteiger partial charge in [0.25, 0.3) is 5.91 Å². The minimum absolute atomic E-state index is 0.171. The molecule has 0 saturated carbocycles. The van der Waals surface area contributed by atoms with Gasteiger partial charge in [-0.05, 0) is 48.2 Å². The first kappa shape index (κ1) is 22.0. The number of carbonyl (C=O) groups excluding carboxylic acids is 1. The summed E-state index contributed by atoms with van der Waals surface area (Å²) in [6, 6.07) is 11.8. The lowest BCUT2D eigenvalue weighted by Gasteiger charge is -2.22. The van der Waals surface area contributed by atoms with Gasteiger partial charge in [-0.2, -0.15) is 0 Å². The number of ether oxygens (including phenoxy) is 1. The van der Waals surface area contributed by atoms with E-state index in [0.717, 1.165) is 24.0 Å². The van der Waals surface area contributed by atoms with Crippen LogP contribution in [-0.2, 0) is 10.0 Å². The number of hydrogen-bond acceptors (Lipinski definition) is 4. The summed E-state index contributed by atoms with van der Waals surface area (Å²) in [7, 11) is -1.82. The Balaban J connectivity index is 2.22. The van der Waals surface area contributed by atoms with E-state index in [0.29, 0.717) is 11.6 Å². The maximum absolute atomic E-state index is 12.8. The van der Waals surface area contributed by atoms with E-state index >= 15 is 0 Å². The molecule has 8 heteroatoms. The number of amides is 1. The van der Waals surface area contributed by atoms with Crippen LogP contribution < -0.4 is 14.8 Å². The monoisotopic (exact) mass is 424 g/mol. The van der Waals surface area contributed by atoms with Gasteiger partial charge in [0, 0.05) is 5.69 Å². The van der Waals surface area contributed by atoms with Crippen molar-refractivity contribution in [2.24, 2.45) is 5.92 Å². The van der Waals surface area contributed by atoms with Gasteiger partial charge in [0.2, 0.25) is 10.0 Å². The highest BCUT2D eigenvalue weighted by Gasteiger charge is 2.19. The number of carbonyl (C=O) groups is 1. The molecular formula is C20H25ClN2O4S. The molecule has 0 spiro atoms. The Labute approximate surface area is 171 Å². The normalized spacial score (nSPS) is 12.5. The molecule has 28 heavy (non-hydrogen) atoms. The topological polar surface area (TPSA) is 84.5 Å². The van der Waals surface area contributed by atoms with Gasteiger partial charge < -0.3 is 10.1 Å². The van der Waals surface area contributed by atoms with Gasteiger partial charge >= 0.3 is 0 Å². The molecule has 0 heterocycles. The molecule has 0 unspecified atom stereocenters. The maximum Gasteiger partial charge on any atom is 0.253 e. The van der Waals surface area contributed by atoms with E-state index in [-0.39, 0.29) is 22.5 Å². The van der Waals surface area contributed by atoms with Crippen LogP contribution in [0.15, 0.2) is 42.5 Å². The fourth-order valence-electron chi connectivity index (χ4n) is 2.80. The number of nitrogens with one attached hydrogen (secondary N) is 2. The highest BCUT2D eigenvalue weighted by atomic mass is 35.5. The summed E-state index contributed by atoms with van der Waals surface area (Å²) in [5.74, 6) is 0.789. The second-order valence-electron chi connectivity index (χ2n) is 7.00. The third kappa shape index (κ3) is 6.42. The summed E-state index contributed by atoms with van der Waals surface area (Å²) in [6.07, 6.45) is 1.80. The molecule has 0 aliphatic heterocycles. The van der Waals surface area contributed by atoms with Crippen LogP contribution in [0.25, 0.3) is 0 Å². The predicted octanol–water partition coefficient (Wildman–Crippen LogP) is 4.24. The predicted molar refractivity (Wildman–Crippen MR) is 113 cm³/mol. The quantitative estimate of drug-likeness (QED) is 0.663. The number of sulfonamides is 1. The first-order valence-electron chi connectivity index (χ1n) is 8.81. The van der Waals surface area contributed by atoms with Gasteiger partial charge in [-0.3, -0.25) is 9.52 Å². The molecule has 0 aromatic heterocycles. The maximum atomic E-state index is 12.8. The molecule has 0 fully saturated rings. The SMILES string of the molecule is COc1ccc([C@@H](CC(C)C)NC(=O)c2ccc(NS(C)(=O)=O)cc2Cl)cc1. The number of hydrogen-bond donors (Lipinski definition) is 2. The lowest BCUT2D eigenvalue weighted by molar-refractivity contribution is 0.0932. The van der Waals surface area contributed by atoms with Crippen molar-refractivity contribution in [2.45, 2.75) is 26.3 Å². The van der Waals surface area contributed by atoms with Crippen molar-refractivity contribution < 1.29 is 17.9 Å². The van der Waals surface area contributed by atoms with Crippen molar-refractivity contribution in [3.63, 3.8) is 0 Å². The first-order chi connectivity index (χ1) is 13.1. The third-order valence-electron chi connectivity index (χ3n) is 4.05. The van der Waals surface area contributed by atoms with Crippen molar-refractivity contribution in [1.82, 2.24) is 5.32 Å². The molecule has 2 aromatic carbocycles. The van der Waals surface area contributed by atoms with Gasteiger partial charge in [0.15, 0.2) is 0 Å². The zero-order chi connectivity index (χ0) is 20.9. The number of halogens is 1. The van der Waals surface area contributed by atoms with Crippen molar-refractivity contribution in [2.75, 3.05) is 18.1 Å². The minimum atomic E-state index is -3.42. The molecule has 1 atom stereocenters. The summed E-state index contributed by atoms with van der Waals surface area (Å²) in [6.45, 7) is 4.17. The molecule has 6 nitrogen and oxygen atoms in total. The minimum Gasteiger partial charge on any atom is -0.497 e. The van der Waals surface area contributed by atoms with E-state index in [9.17, 15) is 13.2 Å². The van der Waals surface area contributed by atoms with Crippen LogP contribution in [0.5, 0.6) is 5.75 Å². The Morgan fingerprint density at radius 1 is 1.14 bits per heavy atom. The first-order valence-corrected chi connectivity index (χ1v) is 11.1. The van der Waals surface area contributed by atoms with E-state index in [2.05, 4.69) is 23.9 Å². The van der Waals surface area contributed by atoms with Gasteiger partial charge in [-0.25, -0.2) is 8.42 Å². The molecule has 0 saturated heterocycles. The molecule has 0 aliphatic carbocycles. The van der Waals surface area contributed by atoms with Crippen molar-refractivity contribution in [3.8, 4) is 5.75 Å². The Hall–Kier alpha value is -2.25. The Morgan fingerprint density at radius 2 is 1.79 bits per heavy atom. The van der Waals surface area contributed by atoms with E-state index in [1.807, 2.05) is 24.3 Å². The van der Waals surface area contributed by atoms with E-state index < -0.39 is 10.0 Å². The highest BCUT2D eigenvalue weighted by molar-refractivity contribution is 7.92. The number of methoxy groups -OCH3 is 1. The van der Waals surface area contributed by atoms with Crippen LogP contribution in [0.3, 0.4) is 0 Å². The largest absolute Gasteiger partial charge is 0.497 e. The Kier molecular flexibility index (Phi) is 7.32. The molecule has 0 bridgehead atoms. The molecule has 152 valence electrons. The Bertz CT molecular complexity index is 928. The van der Waals surface area contributed by atoms with Crippen LogP contribution in [0, 0.1) is 5.92 Å². The fraction of sp³-hybridized carbons (Fsp3) is 0.350. The second kappa shape index (κ2) is 9.30. The lowest BCUT2D eigenvalue weighted by atomic mass is 9.96. The Morgan fingerprint density at radius 3 is 2.29 bits per heavy atom. The van der Waals surface area contributed by atoms with Crippen LogP contribution in [-0.4, -0.2) is 27.7 Å². The van der Waals surface area contributed by atoms with Gasteiger partial charge in [-0.1, -0.05) is 37.6 Å². The second-order valence-corrected chi connectivity index (χ2v) is 9.15. The van der Waals surface area contributed by atoms with Crippen molar-refractivity contribution >= 4 is 33.2 Å². The molecular weight excluding hydrogens is 400 g/mol. The van der Waals surface area contributed by atoms with Crippen LogP contribution in [0.2, 0.25) is 5.02 Å². The summed E-state index contributed by atoms with van der Waals surface area (Å²) in [5.41, 5.74) is 1.55. The van der Waals surface area contributed by atoms with Crippen LogP contribution in [0.1, 0.15) is 42.2 Å². The smallest absolute Gasteiger partial charge is 0.253 e. The van der Waals surface area contributed by atoms with Crippen LogP contribution in [0.4, 0.5) is 5.69 Å². The standard InChI is InChI=1S/C20H25ClN2O4S/c1-13(2)11-19(14-5-8-16(27-3)9-6-14)22-20(24)17-10-7-15(12-18(17)21)23-28(4,25)26/h5-10,12-13,19,23H,11H2,1-4H3,(H,22,24)/t19-/m1/s1. The van der Waals surface area contributed by atoms with E-state index in [1.54, 1.807) is 7.11 Å². The van der Waals surface area contributed by atoms with Gasteiger partial charge in [0.05, 0.1) is 30.0 Å². The molecule has 2 aromatic rings. The summed E-state index contributed by atoms with van der Waals surface area (Å²) < 4.78 is 30.2. The third-order valence-corrected chi connectivity index (χ3v) is 4.97. The van der Waals surface area contributed by atoms with Gasteiger partial charge in [-0.15, -0.1) is 0 Å². The summed E-state index contributed by atoms with van der Waals surface area (Å²) >= 11 is 6.22. The highest BCUT2D eigenvalue weighted by Crippen LogP contribution is 2.26.